The van der Waals surface area contributed by atoms with Crippen molar-refractivity contribution in [3.05, 3.63) is 125 Å². The zero-order chi connectivity index (χ0) is 31.6. The molecule has 9 nitrogen and oxygen atoms in total. The number of amides is 2. The summed E-state index contributed by atoms with van der Waals surface area (Å²) >= 11 is 0. The zero-order valence-corrected chi connectivity index (χ0v) is 26.0. The van der Waals surface area contributed by atoms with E-state index in [4.69, 9.17) is 9.47 Å². The van der Waals surface area contributed by atoms with Gasteiger partial charge in [-0.1, -0.05) is 85.8 Å². The number of nitrogens with zero attached hydrogens (tertiary/aromatic N) is 1. The lowest BCUT2D eigenvalue weighted by molar-refractivity contribution is -0.141. The molecule has 0 unspecified atom stereocenters. The second-order valence-electron chi connectivity index (χ2n) is 10.8. The molecule has 0 fully saturated rings. The lowest BCUT2D eigenvalue weighted by Gasteiger charge is -2.31. The molecule has 2 N–H and O–H groups in total. The summed E-state index contributed by atoms with van der Waals surface area (Å²) < 4.78 is 38.0. The van der Waals surface area contributed by atoms with E-state index < -0.39 is 16.1 Å². The number of benzene rings is 4. The van der Waals surface area contributed by atoms with Gasteiger partial charge in [-0.05, 0) is 52.9 Å². The van der Waals surface area contributed by atoms with Gasteiger partial charge >= 0.3 is 0 Å². The maximum Gasteiger partial charge on any atom is 0.243 e. The normalized spacial score (nSPS) is 12.8. The molecule has 4 aromatic rings. The molecule has 0 bridgehead atoms. The lowest BCUT2D eigenvalue weighted by Crippen LogP contribution is -2.50. The summed E-state index contributed by atoms with van der Waals surface area (Å²) in [6, 6.07) is 30.5. The number of ether oxygens (including phenoxy) is 2. The van der Waals surface area contributed by atoms with Crippen LogP contribution in [0.1, 0.15) is 35.6 Å². The maximum atomic E-state index is 14.0. The Morgan fingerprint density at radius 1 is 0.800 bits per heavy atom. The predicted molar refractivity (Wildman–Crippen MR) is 171 cm³/mol. The number of hydrogen-bond donors (Lipinski definition) is 2. The minimum absolute atomic E-state index is 0.146. The molecule has 45 heavy (non-hydrogen) atoms. The maximum absolute atomic E-state index is 14.0. The fraction of sp³-hybridized carbons (Fsp3) is 0.257. The quantitative estimate of drug-likeness (QED) is 0.211. The summed E-state index contributed by atoms with van der Waals surface area (Å²) in [5, 5.41) is 3.04. The van der Waals surface area contributed by atoms with E-state index >= 15 is 0 Å². The van der Waals surface area contributed by atoms with Gasteiger partial charge in [0.1, 0.15) is 6.04 Å². The first-order valence-electron chi connectivity index (χ1n) is 14.9. The van der Waals surface area contributed by atoms with E-state index in [0.29, 0.717) is 30.9 Å². The van der Waals surface area contributed by atoms with Crippen molar-refractivity contribution >= 4 is 21.8 Å². The van der Waals surface area contributed by atoms with Crippen LogP contribution < -0.4 is 19.5 Å². The van der Waals surface area contributed by atoms with Crippen molar-refractivity contribution in [3.63, 3.8) is 0 Å². The molecule has 0 aromatic heterocycles. The number of nitrogens with one attached hydrogen (secondary N) is 2. The lowest BCUT2D eigenvalue weighted by atomic mass is 10.0. The van der Waals surface area contributed by atoms with Crippen LogP contribution in [0.25, 0.3) is 0 Å². The first kappa shape index (κ1) is 31.7. The van der Waals surface area contributed by atoms with Gasteiger partial charge in [-0.3, -0.25) is 9.59 Å². The number of rotatable bonds is 14. The minimum atomic E-state index is -3.57. The number of fused-ring (bicyclic) bond motifs is 1. The van der Waals surface area contributed by atoms with E-state index in [2.05, 4.69) is 10.0 Å². The van der Waals surface area contributed by atoms with Crippen LogP contribution in [0.3, 0.4) is 0 Å². The van der Waals surface area contributed by atoms with Crippen LogP contribution in [0.4, 0.5) is 0 Å². The van der Waals surface area contributed by atoms with Crippen molar-refractivity contribution < 1.29 is 27.5 Å². The average molecular weight is 628 g/mol. The molecular weight excluding hydrogens is 590 g/mol. The third-order valence-electron chi connectivity index (χ3n) is 7.57. The highest BCUT2D eigenvalue weighted by Gasteiger charge is 2.30. The molecule has 1 atom stereocenters. The number of aryl methyl sites for hydroxylation is 1. The van der Waals surface area contributed by atoms with Crippen molar-refractivity contribution in [3.8, 4) is 11.5 Å². The van der Waals surface area contributed by atoms with Crippen LogP contribution in [-0.4, -0.2) is 44.5 Å². The van der Waals surface area contributed by atoms with Crippen LogP contribution in [0.2, 0.25) is 0 Å². The van der Waals surface area contributed by atoms with Crippen molar-refractivity contribution in [2.45, 2.75) is 50.2 Å². The Hall–Kier alpha value is -4.67. The highest BCUT2D eigenvalue weighted by atomic mass is 32.2. The van der Waals surface area contributed by atoms with Crippen LogP contribution in [0.15, 0.2) is 108 Å². The molecule has 2 amide bonds. The summed E-state index contributed by atoms with van der Waals surface area (Å²) in [6.45, 7) is 2.70. The molecule has 10 heteroatoms. The van der Waals surface area contributed by atoms with E-state index in [1.807, 2.05) is 78.9 Å². The monoisotopic (exact) mass is 627 g/mol. The van der Waals surface area contributed by atoms with Gasteiger partial charge < -0.3 is 19.7 Å². The fourth-order valence-electron chi connectivity index (χ4n) is 5.20. The molecule has 234 valence electrons. The molecular formula is C35H37N3O6S. The van der Waals surface area contributed by atoms with Crippen molar-refractivity contribution in [1.29, 1.82) is 0 Å². The first-order chi connectivity index (χ1) is 21.8. The fourth-order valence-corrected chi connectivity index (χ4v) is 6.24. The molecule has 0 spiro atoms. The second kappa shape index (κ2) is 14.9. The number of carbonyl (C=O) groups is 2. The summed E-state index contributed by atoms with van der Waals surface area (Å²) in [7, 11) is -3.57. The van der Waals surface area contributed by atoms with Crippen molar-refractivity contribution in [2.75, 3.05) is 13.3 Å². The zero-order valence-electron chi connectivity index (χ0n) is 25.1. The molecule has 0 aliphatic carbocycles. The molecule has 5 rings (SSSR count). The second-order valence-corrected chi connectivity index (χ2v) is 12.5. The third-order valence-corrected chi connectivity index (χ3v) is 9.13. The first-order valence-corrected chi connectivity index (χ1v) is 16.4. The van der Waals surface area contributed by atoms with E-state index in [-0.39, 0.29) is 43.0 Å². The summed E-state index contributed by atoms with van der Waals surface area (Å²) in [4.78, 5) is 29.7. The van der Waals surface area contributed by atoms with E-state index in [1.54, 1.807) is 36.1 Å². The van der Waals surface area contributed by atoms with Gasteiger partial charge in [-0.15, -0.1) is 0 Å². The van der Waals surface area contributed by atoms with Crippen LogP contribution >= 0.6 is 0 Å². The van der Waals surface area contributed by atoms with Crippen LogP contribution in [0.5, 0.6) is 11.5 Å². The SMILES string of the molecule is CCNS(=O)(=O)c1ccc(CCC(=O)N(Cc2ccccc2)[C@H](Cc2ccccc2)C(=O)NCc2ccc3c(c2)OCO3)cc1. The molecule has 1 aliphatic rings. The van der Waals surface area contributed by atoms with E-state index in [9.17, 15) is 18.0 Å². The minimum Gasteiger partial charge on any atom is -0.454 e. The smallest absolute Gasteiger partial charge is 0.243 e. The Morgan fingerprint density at radius 2 is 1.44 bits per heavy atom. The number of carbonyl (C=O) groups excluding carboxylic acids is 2. The molecule has 1 aliphatic heterocycles. The molecule has 1 heterocycles. The summed E-state index contributed by atoms with van der Waals surface area (Å²) in [6.07, 6.45) is 0.874. The summed E-state index contributed by atoms with van der Waals surface area (Å²) in [5.74, 6) is 0.859. The Kier molecular flexibility index (Phi) is 10.5. The highest BCUT2D eigenvalue weighted by Crippen LogP contribution is 2.32. The average Bonchev–Trinajstić information content (AvgIpc) is 3.53. The third kappa shape index (κ3) is 8.49. The Balaban J connectivity index is 1.36. The Morgan fingerprint density at radius 3 is 2.13 bits per heavy atom. The molecule has 4 aromatic carbocycles. The standard InChI is InChI=1S/C35H37N3O6S/c1-2-37-45(41,42)30-17-13-26(14-18-30)16-20-34(39)38(24-28-11-7-4-8-12-28)31(21-27-9-5-3-6-10-27)35(40)36-23-29-15-19-32-33(22-29)44-25-43-32/h3-15,17-19,22,31,37H,2,16,20-21,23-25H2,1H3,(H,36,40)/t31-/m1/s1. The highest BCUT2D eigenvalue weighted by molar-refractivity contribution is 7.89. The largest absolute Gasteiger partial charge is 0.454 e. The van der Waals surface area contributed by atoms with Gasteiger partial charge in [0.05, 0.1) is 4.90 Å². The van der Waals surface area contributed by atoms with Gasteiger partial charge in [0.15, 0.2) is 11.5 Å². The summed E-state index contributed by atoms with van der Waals surface area (Å²) in [5.41, 5.74) is 3.52. The van der Waals surface area contributed by atoms with Gasteiger partial charge in [0, 0.05) is 32.5 Å². The van der Waals surface area contributed by atoms with Crippen molar-refractivity contribution in [2.24, 2.45) is 0 Å². The molecule has 0 radical (unpaired) electrons. The van der Waals surface area contributed by atoms with Crippen LogP contribution in [0, 0.1) is 0 Å². The Bertz CT molecular complexity index is 1700. The van der Waals surface area contributed by atoms with Gasteiger partial charge in [0.2, 0.25) is 28.6 Å². The number of hydrogen-bond acceptors (Lipinski definition) is 6. The van der Waals surface area contributed by atoms with Gasteiger partial charge in [0.25, 0.3) is 0 Å². The van der Waals surface area contributed by atoms with Crippen molar-refractivity contribution in [1.82, 2.24) is 14.9 Å². The number of sulfonamides is 1. The topological polar surface area (TPSA) is 114 Å². The van der Waals surface area contributed by atoms with E-state index in [1.165, 1.54) is 0 Å². The molecule has 0 saturated carbocycles. The van der Waals surface area contributed by atoms with Gasteiger partial charge in [-0.2, -0.15) is 0 Å². The Labute approximate surface area is 264 Å². The van der Waals surface area contributed by atoms with E-state index in [0.717, 1.165) is 22.3 Å². The predicted octanol–water partition coefficient (Wildman–Crippen LogP) is 4.60. The van der Waals surface area contributed by atoms with Crippen LogP contribution in [-0.2, 0) is 45.5 Å². The van der Waals surface area contributed by atoms with Gasteiger partial charge in [-0.25, -0.2) is 13.1 Å². The molecule has 0 saturated heterocycles.